The van der Waals surface area contributed by atoms with Crippen molar-refractivity contribution in [1.82, 2.24) is 19.4 Å². The quantitative estimate of drug-likeness (QED) is 0.644. The number of nitrogens with zero attached hydrogens (tertiary/aromatic N) is 4. The molecule has 7 nitrogen and oxygen atoms in total. The zero-order valence-electron chi connectivity index (χ0n) is 20.0. The summed E-state index contributed by atoms with van der Waals surface area (Å²) < 4.78 is 47.8. The molecule has 4 rings (SSSR count). The Morgan fingerprint density at radius 1 is 1.14 bits per heavy atom. The zero-order chi connectivity index (χ0) is 26.0. The summed E-state index contributed by atoms with van der Waals surface area (Å²) in [5, 5.41) is 7.12. The molecule has 2 aromatic rings. The largest absolute Gasteiger partial charge is 0.490 e. The lowest BCUT2D eigenvalue weighted by Crippen LogP contribution is -2.58. The van der Waals surface area contributed by atoms with Crippen LogP contribution in [0.5, 0.6) is 0 Å². The Labute approximate surface area is 201 Å². The highest BCUT2D eigenvalue weighted by Gasteiger charge is 2.47. The molecule has 0 bridgehead atoms. The summed E-state index contributed by atoms with van der Waals surface area (Å²) in [5.74, 6) is -1.65. The van der Waals surface area contributed by atoms with Crippen LogP contribution in [0.2, 0.25) is 0 Å². The highest BCUT2D eigenvalue weighted by Crippen LogP contribution is 2.42. The van der Waals surface area contributed by atoms with Gasteiger partial charge >= 0.3 is 12.1 Å². The second-order valence-corrected chi connectivity index (χ2v) is 9.02. The van der Waals surface area contributed by atoms with E-state index in [2.05, 4.69) is 16.4 Å². The number of carboxylic acids is 1. The highest BCUT2D eigenvalue weighted by molar-refractivity contribution is 5.78. The Morgan fingerprint density at radius 3 is 2.29 bits per heavy atom. The van der Waals surface area contributed by atoms with E-state index in [1.165, 1.54) is 6.07 Å². The van der Waals surface area contributed by atoms with E-state index in [1.54, 1.807) is 12.1 Å². The highest BCUT2D eigenvalue weighted by atomic mass is 19.4. The van der Waals surface area contributed by atoms with E-state index in [4.69, 9.17) is 14.9 Å². The van der Waals surface area contributed by atoms with E-state index in [0.717, 1.165) is 62.6 Å². The van der Waals surface area contributed by atoms with Crippen molar-refractivity contribution < 1.29 is 32.3 Å². The summed E-state index contributed by atoms with van der Waals surface area (Å²) in [6, 6.07) is 6.74. The van der Waals surface area contributed by atoms with Gasteiger partial charge in [0.15, 0.2) is 0 Å². The van der Waals surface area contributed by atoms with Crippen LogP contribution in [0.3, 0.4) is 0 Å². The van der Waals surface area contributed by atoms with Crippen molar-refractivity contribution in [2.75, 3.05) is 26.2 Å². The first-order chi connectivity index (χ1) is 16.4. The molecule has 11 heteroatoms. The van der Waals surface area contributed by atoms with Crippen molar-refractivity contribution in [3.05, 3.63) is 42.1 Å². The fourth-order valence-corrected chi connectivity index (χ4v) is 4.89. The molecule has 2 aliphatic rings. The first-order valence-electron chi connectivity index (χ1n) is 11.6. The number of alkyl halides is 3. The second-order valence-electron chi connectivity index (χ2n) is 9.02. The van der Waals surface area contributed by atoms with Gasteiger partial charge in [-0.15, -0.1) is 0 Å². The summed E-state index contributed by atoms with van der Waals surface area (Å²) in [4.78, 5) is 30.7. The Morgan fingerprint density at radius 2 is 1.77 bits per heavy atom. The minimum Gasteiger partial charge on any atom is -0.475 e. The molecule has 0 unspecified atom stereocenters. The lowest BCUT2D eigenvalue weighted by Gasteiger charge is -2.51. The number of hydrogen-bond acceptors (Lipinski definition) is 4. The van der Waals surface area contributed by atoms with Gasteiger partial charge in [0, 0.05) is 37.7 Å². The number of fused-ring (bicyclic) bond motifs is 2. The number of benzene rings is 1. The summed E-state index contributed by atoms with van der Waals surface area (Å²) in [6.45, 7) is 10.4. The average Bonchev–Trinajstić information content (AvgIpc) is 3.24. The maximum Gasteiger partial charge on any atom is 0.490 e. The number of aliphatic carboxylic acids is 1. The summed E-state index contributed by atoms with van der Waals surface area (Å²) >= 11 is 0. The molecule has 1 N–H and O–H groups in total. The molecule has 192 valence electrons. The molecule has 1 amide bonds. The van der Waals surface area contributed by atoms with Gasteiger partial charge in [-0.1, -0.05) is 32.9 Å². The van der Waals surface area contributed by atoms with E-state index in [9.17, 15) is 22.4 Å². The smallest absolute Gasteiger partial charge is 0.475 e. The van der Waals surface area contributed by atoms with Crippen molar-refractivity contribution >= 4 is 11.9 Å². The topological polar surface area (TPSA) is 78.7 Å². The van der Waals surface area contributed by atoms with Crippen molar-refractivity contribution in [3.8, 4) is 11.3 Å². The number of halogens is 4. The third kappa shape index (κ3) is 5.50. The number of carbonyl (C=O) groups excluding carboxylic acids is 1. The number of likely N-dealkylation sites (tertiary alicyclic amines) is 1. The van der Waals surface area contributed by atoms with Gasteiger partial charge in [-0.05, 0) is 31.5 Å². The minimum atomic E-state index is -5.08. The van der Waals surface area contributed by atoms with Crippen LogP contribution in [-0.4, -0.2) is 68.7 Å². The van der Waals surface area contributed by atoms with Crippen molar-refractivity contribution in [2.45, 2.75) is 51.9 Å². The van der Waals surface area contributed by atoms with E-state index >= 15 is 0 Å². The lowest BCUT2D eigenvalue weighted by molar-refractivity contribution is -0.192. The number of likely N-dealkylation sites (N-methyl/N-ethyl adjacent to an activating group) is 1. The van der Waals surface area contributed by atoms with E-state index < -0.39 is 12.1 Å². The fraction of sp³-hybridized carbons (Fsp3) is 0.542. The molecule has 3 heterocycles. The number of piperidine rings is 1. The van der Waals surface area contributed by atoms with Crippen molar-refractivity contribution in [1.29, 1.82) is 0 Å². The van der Waals surface area contributed by atoms with Crippen molar-refractivity contribution in [3.63, 3.8) is 0 Å². The Balaban J connectivity index is 0.000000429. The van der Waals surface area contributed by atoms with E-state index in [1.807, 2.05) is 31.0 Å². The number of rotatable bonds is 3. The predicted molar refractivity (Wildman–Crippen MR) is 121 cm³/mol. The molecule has 1 aromatic carbocycles. The molecule has 1 aromatic heterocycles. The monoisotopic (exact) mass is 498 g/mol. The summed E-state index contributed by atoms with van der Waals surface area (Å²) in [5.41, 5.74) is 1.70. The molecule has 0 aliphatic carbocycles. The minimum absolute atomic E-state index is 0.0317. The fourth-order valence-electron chi connectivity index (χ4n) is 4.89. The molecule has 35 heavy (non-hydrogen) atoms. The third-order valence-electron chi connectivity index (χ3n) is 6.61. The lowest BCUT2D eigenvalue weighted by atomic mass is 9.82. The SMILES string of the molecule is CCN1CCn2c(-c3cccc(F)c3)cnc2C12CCN(C(=O)C(C)C)CC2.O=C(O)C(F)(F)F. The average molecular weight is 499 g/mol. The number of carbonyl (C=O) groups is 2. The van der Waals surface area contributed by atoms with Gasteiger partial charge in [0.05, 0.1) is 17.4 Å². The second kappa shape index (κ2) is 10.3. The molecular formula is C24H30F4N4O3. The van der Waals surface area contributed by atoms with Gasteiger partial charge in [0.2, 0.25) is 5.91 Å². The van der Waals surface area contributed by atoms with Crippen LogP contribution in [0.15, 0.2) is 30.5 Å². The predicted octanol–water partition coefficient (Wildman–Crippen LogP) is 4.13. The van der Waals surface area contributed by atoms with Crippen LogP contribution in [0.25, 0.3) is 11.3 Å². The van der Waals surface area contributed by atoms with Crippen LogP contribution < -0.4 is 0 Å². The number of aromatic nitrogens is 2. The first kappa shape index (κ1) is 26.7. The van der Waals surface area contributed by atoms with Crippen molar-refractivity contribution in [2.24, 2.45) is 5.92 Å². The van der Waals surface area contributed by atoms with Crippen LogP contribution in [-0.2, 0) is 21.7 Å². The van der Waals surface area contributed by atoms with Crippen LogP contribution in [0.4, 0.5) is 17.6 Å². The maximum atomic E-state index is 13.8. The molecule has 0 saturated carbocycles. The Bertz CT molecular complexity index is 1060. The number of imidazole rings is 1. The van der Waals surface area contributed by atoms with Gasteiger partial charge in [0.25, 0.3) is 0 Å². The van der Waals surface area contributed by atoms with Gasteiger partial charge in [-0.3, -0.25) is 9.69 Å². The van der Waals surface area contributed by atoms with Crippen LogP contribution >= 0.6 is 0 Å². The first-order valence-corrected chi connectivity index (χ1v) is 11.6. The molecule has 1 spiro atoms. The Kier molecular flexibility index (Phi) is 7.88. The molecular weight excluding hydrogens is 468 g/mol. The molecule has 1 saturated heterocycles. The standard InChI is InChI=1S/C22H29FN4O.C2HF3O2/c1-4-26-12-13-27-19(17-6-5-7-18(23)14-17)15-24-21(27)22(26)8-10-25(11-9-22)20(28)16(2)3;3-2(4,5)1(6)7/h5-7,14-16H,4,8-13H2,1-3H3;(H,6,7). The normalized spacial score (nSPS) is 17.7. The van der Waals surface area contributed by atoms with E-state index in [-0.39, 0.29) is 23.2 Å². The van der Waals surface area contributed by atoms with E-state index in [0.29, 0.717) is 0 Å². The molecule has 2 aliphatic heterocycles. The summed E-state index contributed by atoms with van der Waals surface area (Å²) in [6.07, 6.45) is -1.42. The van der Waals surface area contributed by atoms with Gasteiger partial charge in [-0.25, -0.2) is 14.2 Å². The number of hydrogen-bond donors (Lipinski definition) is 1. The maximum absolute atomic E-state index is 13.8. The van der Waals surface area contributed by atoms with Gasteiger partial charge in [-0.2, -0.15) is 13.2 Å². The van der Waals surface area contributed by atoms with Gasteiger partial charge < -0.3 is 14.6 Å². The number of amides is 1. The van der Waals surface area contributed by atoms with Gasteiger partial charge in [0.1, 0.15) is 11.6 Å². The van der Waals surface area contributed by atoms with Crippen LogP contribution in [0, 0.1) is 11.7 Å². The third-order valence-corrected chi connectivity index (χ3v) is 6.61. The Hall–Kier alpha value is -2.95. The molecule has 0 atom stereocenters. The van der Waals surface area contributed by atoms with Crippen LogP contribution in [0.1, 0.15) is 39.4 Å². The summed E-state index contributed by atoms with van der Waals surface area (Å²) in [7, 11) is 0. The molecule has 1 fully saturated rings. The number of carboxylic acid groups (broad SMARTS) is 1. The molecule has 0 radical (unpaired) electrons. The zero-order valence-corrected chi connectivity index (χ0v) is 20.0.